The number of nitrogens with zero attached hydrogens (tertiary/aromatic N) is 12. The molecule has 484 valence electrons. The molecule has 5 aromatic carbocycles. The number of nitrogens with two attached hydrogens (primary N) is 2. The van der Waals surface area contributed by atoms with Gasteiger partial charge in [-0.25, -0.2) is 50.5 Å². The summed E-state index contributed by atoms with van der Waals surface area (Å²) in [5.74, 6) is 0.460. The quantitative estimate of drug-likeness (QED) is 0.0701. The Labute approximate surface area is 545 Å². The van der Waals surface area contributed by atoms with Crippen LogP contribution in [0.3, 0.4) is 0 Å². The summed E-state index contributed by atoms with van der Waals surface area (Å²) in [6, 6.07) is 31.1. The van der Waals surface area contributed by atoms with E-state index in [0.717, 1.165) is 131 Å². The number of hydrogen-bond donors (Lipinski definition) is 4. The fraction of sp³-hybridized carbons (Fsp3) is 0.385. The van der Waals surface area contributed by atoms with Crippen LogP contribution in [0.5, 0.6) is 11.5 Å². The number of fused-ring (bicyclic) bond motifs is 2. The monoisotopic (exact) mass is 1330 g/mol. The van der Waals surface area contributed by atoms with E-state index in [2.05, 4.69) is 67.8 Å². The summed E-state index contributed by atoms with van der Waals surface area (Å²) in [7, 11) is -0.974. The van der Waals surface area contributed by atoms with Gasteiger partial charge in [-0.2, -0.15) is 14.9 Å². The van der Waals surface area contributed by atoms with E-state index in [9.17, 15) is 16.8 Å². The van der Waals surface area contributed by atoms with E-state index >= 15 is 4.39 Å². The van der Waals surface area contributed by atoms with Crippen molar-refractivity contribution in [1.82, 2.24) is 63.8 Å². The van der Waals surface area contributed by atoms with Crippen molar-refractivity contribution >= 4 is 82.6 Å². The lowest BCUT2D eigenvalue weighted by atomic mass is 9.90. The molecule has 6 heterocycles. The SMILES string of the molecule is CN1CCN(C2CCC(n3nc(-c4ccc(NS(=O)(=O)c5cccc(Cl)c5Cl)c(F)c4)c4c(N)ncnc43)CC2)CC1.COc1ccc(OC)c(S(=O)(=O)NC(c2ccccc2)c2ccc(-c3nn(C4CCC(N5CCN(C)CC5)CC4)c4ncnc(N)c34)cc2)c1. The third-order valence-electron chi connectivity index (χ3n) is 18.4. The largest absolute Gasteiger partial charge is 0.497 e. The zero-order valence-corrected chi connectivity index (χ0v) is 54.8. The summed E-state index contributed by atoms with van der Waals surface area (Å²) < 4.78 is 88.9. The molecule has 4 aliphatic rings. The van der Waals surface area contributed by atoms with Gasteiger partial charge in [0.2, 0.25) is 10.0 Å². The zero-order valence-electron chi connectivity index (χ0n) is 51.7. The number of likely N-dealkylation sites (N-methyl/N-ethyl adjacent to an activating group) is 2. The van der Waals surface area contributed by atoms with Crippen LogP contribution in [-0.4, -0.2) is 169 Å². The molecule has 0 radical (unpaired) electrons. The molecule has 2 saturated carbocycles. The van der Waals surface area contributed by atoms with E-state index in [-0.39, 0.29) is 49.2 Å². The van der Waals surface area contributed by atoms with Crippen molar-refractivity contribution in [2.45, 2.75) is 91.4 Å². The molecule has 2 aliphatic carbocycles. The minimum absolute atomic E-state index is 0.0121. The van der Waals surface area contributed by atoms with Crippen LogP contribution in [0.1, 0.15) is 80.6 Å². The first-order valence-corrected chi connectivity index (χ1v) is 34.6. The van der Waals surface area contributed by atoms with Gasteiger partial charge in [0.1, 0.15) is 62.8 Å². The van der Waals surface area contributed by atoms with Crippen molar-refractivity contribution in [3.05, 3.63) is 149 Å². The van der Waals surface area contributed by atoms with Gasteiger partial charge in [-0.05, 0) is 113 Å². The maximum atomic E-state index is 15.4. The minimum atomic E-state index is -4.21. The maximum Gasteiger partial charge on any atom is 0.263 e. The Balaban J connectivity index is 0.000000180. The Hall–Kier alpha value is -7.59. The van der Waals surface area contributed by atoms with Gasteiger partial charge in [-0.3, -0.25) is 14.5 Å². The Morgan fingerprint density at radius 3 is 1.59 bits per heavy atom. The number of ether oxygens (including phenoxy) is 2. The van der Waals surface area contributed by atoms with Crippen LogP contribution < -0.4 is 30.4 Å². The van der Waals surface area contributed by atoms with Gasteiger partial charge >= 0.3 is 0 Å². The summed E-state index contributed by atoms with van der Waals surface area (Å²) >= 11 is 12.1. The number of piperazine rings is 2. The van der Waals surface area contributed by atoms with Crippen molar-refractivity contribution in [1.29, 1.82) is 0 Å². The molecule has 22 nitrogen and oxygen atoms in total. The zero-order chi connectivity index (χ0) is 64.4. The molecule has 1 unspecified atom stereocenters. The van der Waals surface area contributed by atoms with Crippen LogP contribution in [0.15, 0.2) is 132 Å². The number of rotatable bonds is 16. The highest BCUT2D eigenvalue weighted by atomic mass is 35.5. The molecule has 27 heteroatoms. The average molecular weight is 1330 g/mol. The second-order valence-corrected chi connectivity index (χ2v) is 28.2. The number of aromatic nitrogens is 8. The van der Waals surface area contributed by atoms with Crippen molar-refractivity contribution in [2.24, 2.45) is 0 Å². The number of hydrogen-bond acceptors (Lipinski definition) is 18. The summed E-state index contributed by atoms with van der Waals surface area (Å²) in [6.45, 7) is 8.87. The molecule has 92 heavy (non-hydrogen) atoms. The normalized spacial score (nSPS) is 20.2. The number of benzene rings is 5. The fourth-order valence-electron chi connectivity index (χ4n) is 13.3. The van der Waals surface area contributed by atoms with Crippen molar-refractivity contribution < 1.29 is 30.7 Å². The minimum Gasteiger partial charge on any atom is -0.497 e. The predicted octanol–water partition coefficient (Wildman–Crippen LogP) is 9.94. The molecular formula is C65H75Cl2FN16O6S2. The summed E-state index contributed by atoms with van der Waals surface area (Å²) in [5.41, 5.74) is 17.8. The number of nitrogens with one attached hydrogen (secondary N) is 2. The maximum absolute atomic E-state index is 15.4. The Morgan fingerprint density at radius 2 is 1.07 bits per heavy atom. The van der Waals surface area contributed by atoms with Crippen LogP contribution in [0.2, 0.25) is 10.0 Å². The van der Waals surface area contributed by atoms with Crippen molar-refractivity contribution in [3.8, 4) is 34.0 Å². The lowest BCUT2D eigenvalue weighted by molar-refractivity contribution is 0.0815. The Kier molecular flexibility index (Phi) is 19.3. The summed E-state index contributed by atoms with van der Waals surface area (Å²) in [4.78, 5) is 27.4. The molecule has 0 amide bonds. The van der Waals surface area contributed by atoms with E-state index < -0.39 is 31.9 Å². The topological polar surface area (TPSA) is 263 Å². The molecule has 6 N–H and O–H groups in total. The number of halogens is 3. The van der Waals surface area contributed by atoms with Gasteiger partial charge in [0, 0.05) is 81.6 Å². The van der Waals surface area contributed by atoms with Gasteiger partial charge in [0.25, 0.3) is 10.0 Å². The third-order valence-corrected chi connectivity index (χ3v) is 22.2. The number of anilines is 3. The van der Waals surface area contributed by atoms with Crippen molar-refractivity contribution in [2.75, 3.05) is 96.9 Å². The van der Waals surface area contributed by atoms with E-state index in [1.165, 1.54) is 63.3 Å². The number of methoxy groups -OCH3 is 2. The van der Waals surface area contributed by atoms with E-state index in [4.69, 9.17) is 54.3 Å². The third kappa shape index (κ3) is 13.6. The molecule has 1 atom stereocenters. The molecule has 2 aliphatic heterocycles. The molecule has 2 saturated heterocycles. The molecule has 13 rings (SSSR count). The van der Waals surface area contributed by atoms with Gasteiger partial charge in [0.15, 0.2) is 11.3 Å². The molecule has 9 aromatic rings. The lowest BCUT2D eigenvalue weighted by Crippen LogP contribution is -2.49. The first-order valence-electron chi connectivity index (χ1n) is 30.9. The first-order chi connectivity index (χ1) is 44.4. The summed E-state index contributed by atoms with van der Waals surface area (Å²) in [6.07, 6.45) is 11.2. The number of nitrogen functional groups attached to an aromatic ring is 2. The van der Waals surface area contributed by atoms with Gasteiger partial charge in [0.05, 0.1) is 58.9 Å². The predicted molar refractivity (Wildman–Crippen MR) is 356 cm³/mol. The lowest BCUT2D eigenvalue weighted by Gasteiger charge is -2.41. The van der Waals surface area contributed by atoms with Crippen LogP contribution in [0.4, 0.5) is 21.7 Å². The van der Waals surface area contributed by atoms with E-state index in [0.29, 0.717) is 51.6 Å². The van der Waals surface area contributed by atoms with Crippen LogP contribution >= 0.6 is 23.2 Å². The second kappa shape index (κ2) is 27.5. The highest BCUT2D eigenvalue weighted by Crippen LogP contribution is 2.41. The smallest absolute Gasteiger partial charge is 0.263 e. The van der Waals surface area contributed by atoms with Gasteiger partial charge in [-0.1, -0.05) is 89.9 Å². The van der Waals surface area contributed by atoms with Crippen molar-refractivity contribution in [3.63, 3.8) is 0 Å². The van der Waals surface area contributed by atoms with E-state index in [1.807, 2.05) is 59.3 Å². The molecular weight excluding hydrogens is 1250 g/mol. The number of sulfonamides is 2. The van der Waals surface area contributed by atoms with Gasteiger partial charge in [-0.15, -0.1) is 0 Å². The fourth-order valence-corrected chi connectivity index (χ4v) is 16.5. The van der Waals surface area contributed by atoms with Crippen LogP contribution in [0, 0.1) is 5.82 Å². The molecule has 4 aromatic heterocycles. The molecule has 0 bridgehead atoms. The van der Waals surface area contributed by atoms with E-state index in [1.54, 1.807) is 18.2 Å². The first kappa shape index (κ1) is 64.5. The highest BCUT2D eigenvalue weighted by molar-refractivity contribution is 7.92. The Bertz CT molecular complexity index is 4330. The van der Waals surface area contributed by atoms with Crippen LogP contribution in [-0.2, 0) is 20.0 Å². The van der Waals surface area contributed by atoms with Crippen LogP contribution in [0.25, 0.3) is 44.6 Å². The molecule has 0 spiro atoms. The standard InChI is InChI=1S/C37H44N8O4S.C28H31Cl2FN8O2S/c1-43-19-21-44(22-20-43)28-13-15-29(16-14-28)45-37-33(36(38)39-24-40-37)35(41-45)27-11-9-26(10-12-27)34(25-7-5-4-6-8-25)42-50(46,47)32-23-30(48-2)17-18-31(32)49-3;1-37-11-13-38(14-12-37)18-6-8-19(9-7-18)39-28-24(27(32)33-16-34-28)26(35-39)17-5-10-22(21(31)15-17)36-42(40,41)23-4-2-3-20(29)25(23)30/h4-12,17-18,23-24,28-29,34,42H,13-16,19-22H2,1-3H3,(H2,38,39,40);2-5,10,15-16,18-19,36H,6-9,11-14H2,1H3,(H2,32,33,34). The Morgan fingerprint density at radius 1 is 0.554 bits per heavy atom. The highest BCUT2D eigenvalue weighted by Gasteiger charge is 2.34. The molecule has 4 fully saturated rings. The second-order valence-electron chi connectivity index (χ2n) is 24.1. The average Bonchev–Trinajstić information content (AvgIpc) is 1.60. The van der Waals surface area contributed by atoms with Gasteiger partial charge < -0.3 is 30.7 Å². The summed E-state index contributed by atoms with van der Waals surface area (Å²) in [5, 5.41) is 11.2.